The second-order valence-electron chi connectivity index (χ2n) is 4.90. The van der Waals surface area contributed by atoms with E-state index in [1.54, 1.807) is 18.4 Å². The summed E-state index contributed by atoms with van der Waals surface area (Å²) in [7, 11) is 1.69. The molecule has 0 aliphatic carbocycles. The first-order valence-electron chi connectivity index (χ1n) is 6.85. The summed E-state index contributed by atoms with van der Waals surface area (Å²) < 4.78 is 5.62. The standard InChI is InChI=1S/C17H15ClN2OS/c1-11-4-3-5-14(19-11)15-10-22-17(20-15)16(21-2)12-6-8-13(18)9-7-12/h3-10,16H,1-2H3. The molecule has 22 heavy (non-hydrogen) atoms. The van der Waals surface area contributed by atoms with Crippen LogP contribution < -0.4 is 0 Å². The van der Waals surface area contributed by atoms with Gasteiger partial charge in [0.1, 0.15) is 11.1 Å². The van der Waals surface area contributed by atoms with Gasteiger partial charge in [-0.3, -0.25) is 4.98 Å². The number of nitrogens with zero attached hydrogens (tertiary/aromatic N) is 2. The summed E-state index contributed by atoms with van der Waals surface area (Å²) in [6.45, 7) is 1.97. The number of ether oxygens (including phenoxy) is 1. The van der Waals surface area contributed by atoms with Crippen molar-refractivity contribution >= 4 is 22.9 Å². The predicted molar refractivity (Wildman–Crippen MR) is 90.4 cm³/mol. The highest BCUT2D eigenvalue weighted by molar-refractivity contribution is 7.10. The van der Waals surface area contributed by atoms with Crippen LogP contribution in [0, 0.1) is 6.92 Å². The third kappa shape index (κ3) is 3.19. The molecule has 0 saturated carbocycles. The molecule has 1 atom stereocenters. The van der Waals surface area contributed by atoms with Gasteiger partial charge in [0.2, 0.25) is 0 Å². The van der Waals surface area contributed by atoms with E-state index in [0.29, 0.717) is 5.02 Å². The van der Waals surface area contributed by atoms with Crippen molar-refractivity contribution in [1.82, 2.24) is 9.97 Å². The van der Waals surface area contributed by atoms with Crippen LogP contribution in [0.15, 0.2) is 47.8 Å². The zero-order valence-corrected chi connectivity index (χ0v) is 13.9. The van der Waals surface area contributed by atoms with Gasteiger partial charge in [0.15, 0.2) is 0 Å². The predicted octanol–water partition coefficient (Wildman–Crippen LogP) is 4.90. The Labute approximate surface area is 138 Å². The van der Waals surface area contributed by atoms with Crippen molar-refractivity contribution in [2.24, 2.45) is 0 Å². The van der Waals surface area contributed by atoms with Crippen LogP contribution in [0.5, 0.6) is 0 Å². The first-order chi connectivity index (χ1) is 10.7. The average molecular weight is 331 g/mol. The van der Waals surface area contributed by atoms with Crippen molar-refractivity contribution in [2.75, 3.05) is 7.11 Å². The fourth-order valence-electron chi connectivity index (χ4n) is 2.23. The minimum atomic E-state index is -0.194. The minimum Gasteiger partial charge on any atom is -0.370 e. The number of aromatic nitrogens is 2. The monoisotopic (exact) mass is 330 g/mol. The lowest BCUT2D eigenvalue weighted by Gasteiger charge is -2.12. The summed E-state index contributed by atoms with van der Waals surface area (Å²) >= 11 is 7.52. The molecule has 3 aromatic rings. The Morgan fingerprint density at radius 3 is 2.50 bits per heavy atom. The van der Waals surface area contributed by atoms with E-state index in [0.717, 1.165) is 27.7 Å². The van der Waals surface area contributed by atoms with Crippen molar-refractivity contribution in [3.05, 3.63) is 69.1 Å². The third-order valence-corrected chi connectivity index (χ3v) is 4.45. The lowest BCUT2D eigenvalue weighted by molar-refractivity contribution is 0.136. The summed E-state index contributed by atoms with van der Waals surface area (Å²) in [5.41, 5.74) is 3.77. The van der Waals surface area contributed by atoms with E-state index in [-0.39, 0.29) is 6.10 Å². The van der Waals surface area contributed by atoms with Crippen molar-refractivity contribution < 1.29 is 4.74 Å². The summed E-state index contributed by atoms with van der Waals surface area (Å²) in [5, 5.41) is 3.63. The van der Waals surface area contributed by atoms with E-state index in [1.165, 1.54) is 0 Å². The number of hydrogen-bond acceptors (Lipinski definition) is 4. The molecule has 1 unspecified atom stereocenters. The topological polar surface area (TPSA) is 35.0 Å². The number of methoxy groups -OCH3 is 1. The lowest BCUT2D eigenvalue weighted by atomic mass is 10.1. The third-order valence-electron chi connectivity index (χ3n) is 3.31. The SMILES string of the molecule is COC(c1ccc(Cl)cc1)c1nc(-c2cccc(C)n2)cs1. The van der Waals surface area contributed by atoms with Gasteiger partial charge in [-0.2, -0.15) is 0 Å². The second kappa shape index (κ2) is 6.57. The summed E-state index contributed by atoms with van der Waals surface area (Å²) in [5.74, 6) is 0. The highest BCUT2D eigenvalue weighted by atomic mass is 35.5. The number of aryl methyl sites for hydroxylation is 1. The van der Waals surface area contributed by atoms with Crippen LogP contribution >= 0.6 is 22.9 Å². The minimum absolute atomic E-state index is 0.194. The van der Waals surface area contributed by atoms with Gasteiger partial charge in [-0.25, -0.2) is 4.98 Å². The van der Waals surface area contributed by atoms with E-state index in [2.05, 4.69) is 9.97 Å². The normalized spacial score (nSPS) is 12.3. The molecule has 0 radical (unpaired) electrons. The van der Waals surface area contributed by atoms with E-state index in [1.807, 2.05) is 54.8 Å². The maximum absolute atomic E-state index is 5.94. The van der Waals surface area contributed by atoms with Crippen LogP contribution in [0.25, 0.3) is 11.4 Å². The molecule has 0 spiro atoms. The van der Waals surface area contributed by atoms with Crippen LogP contribution in [-0.4, -0.2) is 17.1 Å². The molecule has 3 rings (SSSR count). The fourth-order valence-corrected chi connectivity index (χ4v) is 3.27. The first-order valence-corrected chi connectivity index (χ1v) is 8.11. The first kappa shape index (κ1) is 15.2. The maximum atomic E-state index is 5.94. The fraction of sp³-hybridized carbons (Fsp3) is 0.176. The smallest absolute Gasteiger partial charge is 0.134 e. The van der Waals surface area contributed by atoms with Gasteiger partial charge < -0.3 is 4.74 Å². The zero-order valence-electron chi connectivity index (χ0n) is 12.3. The Morgan fingerprint density at radius 1 is 1.05 bits per heavy atom. The van der Waals surface area contributed by atoms with Crippen molar-refractivity contribution in [3.63, 3.8) is 0 Å². The van der Waals surface area contributed by atoms with Crippen LogP contribution in [-0.2, 0) is 4.74 Å². The van der Waals surface area contributed by atoms with Crippen LogP contribution in [0.1, 0.15) is 22.4 Å². The number of hydrogen-bond donors (Lipinski definition) is 0. The number of pyridine rings is 1. The molecule has 0 aliphatic heterocycles. The highest BCUT2D eigenvalue weighted by Crippen LogP contribution is 2.31. The number of benzene rings is 1. The van der Waals surface area contributed by atoms with Gasteiger partial charge >= 0.3 is 0 Å². The molecule has 3 nitrogen and oxygen atoms in total. The summed E-state index contributed by atoms with van der Waals surface area (Å²) in [6.07, 6.45) is -0.194. The van der Waals surface area contributed by atoms with Crippen LogP contribution in [0.3, 0.4) is 0 Å². The Balaban J connectivity index is 1.93. The molecule has 0 saturated heterocycles. The van der Waals surface area contributed by atoms with Crippen molar-refractivity contribution in [2.45, 2.75) is 13.0 Å². The van der Waals surface area contributed by atoms with Gasteiger partial charge in [0, 0.05) is 23.2 Å². The number of halogens is 1. The molecule has 0 fully saturated rings. The molecule has 0 amide bonds. The Hall–Kier alpha value is -1.75. The maximum Gasteiger partial charge on any atom is 0.134 e. The highest BCUT2D eigenvalue weighted by Gasteiger charge is 2.18. The number of rotatable bonds is 4. The van der Waals surface area contributed by atoms with E-state index in [9.17, 15) is 0 Å². The van der Waals surface area contributed by atoms with Gasteiger partial charge in [-0.1, -0.05) is 29.8 Å². The van der Waals surface area contributed by atoms with Crippen molar-refractivity contribution in [1.29, 1.82) is 0 Å². The van der Waals surface area contributed by atoms with Gasteiger partial charge in [-0.15, -0.1) is 11.3 Å². The van der Waals surface area contributed by atoms with Gasteiger partial charge in [0.05, 0.1) is 11.4 Å². The van der Waals surface area contributed by atoms with Gasteiger partial charge in [-0.05, 0) is 36.8 Å². The second-order valence-corrected chi connectivity index (χ2v) is 6.23. The van der Waals surface area contributed by atoms with E-state index in [4.69, 9.17) is 16.3 Å². The average Bonchev–Trinajstić information content (AvgIpc) is 3.00. The Kier molecular flexibility index (Phi) is 4.52. The summed E-state index contributed by atoms with van der Waals surface area (Å²) in [6, 6.07) is 13.6. The van der Waals surface area contributed by atoms with Crippen molar-refractivity contribution in [3.8, 4) is 11.4 Å². The Morgan fingerprint density at radius 2 is 1.82 bits per heavy atom. The summed E-state index contributed by atoms with van der Waals surface area (Å²) in [4.78, 5) is 9.20. The molecule has 0 aliphatic rings. The largest absolute Gasteiger partial charge is 0.370 e. The molecule has 0 bridgehead atoms. The van der Waals surface area contributed by atoms with Crippen LogP contribution in [0.2, 0.25) is 5.02 Å². The van der Waals surface area contributed by atoms with E-state index >= 15 is 0 Å². The lowest BCUT2D eigenvalue weighted by Crippen LogP contribution is -2.03. The molecular formula is C17H15ClN2OS. The van der Waals surface area contributed by atoms with E-state index < -0.39 is 0 Å². The molecular weight excluding hydrogens is 316 g/mol. The molecule has 1 aromatic carbocycles. The van der Waals surface area contributed by atoms with Gasteiger partial charge in [0.25, 0.3) is 0 Å². The molecule has 0 N–H and O–H groups in total. The molecule has 112 valence electrons. The quantitative estimate of drug-likeness (QED) is 0.682. The molecule has 2 heterocycles. The zero-order chi connectivity index (χ0) is 15.5. The Bertz CT molecular complexity index is 770. The molecule has 5 heteroatoms. The molecule has 2 aromatic heterocycles. The number of thiazole rings is 1. The van der Waals surface area contributed by atoms with Crippen LogP contribution in [0.4, 0.5) is 0 Å².